The van der Waals surface area contributed by atoms with Crippen molar-refractivity contribution in [3.05, 3.63) is 24.3 Å². The molecule has 1 atom stereocenters. The molecule has 0 aliphatic carbocycles. The van der Waals surface area contributed by atoms with Crippen molar-refractivity contribution in [3.63, 3.8) is 0 Å². The van der Waals surface area contributed by atoms with Crippen LogP contribution in [0.4, 0.5) is 0 Å². The molecule has 0 saturated carbocycles. The molecule has 0 radical (unpaired) electrons. The fourth-order valence-electron chi connectivity index (χ4n) is 4.99. The minimum Gasteiger partial charge on any atom is -0.462 e. The zero-order valence-corrected chi connectivity index (χ0v) is 27.8. The number of aliphatic hydroxyl groups excluding tert-OH is 1. The molecule has 42 heavy (non-hydrogen) atoms. The lowest BCUT2D eigenvalue weighted by Crippen LogP contribution is -2.28. The molecule has 0 aliphatic heterocycles. The van der Waals surface area contributed by atoms with Crippen molar-refractivity contribution in [1.29, 1.82) is 0 Å². The van der Waals surface area contributed by atoms with E-state index in [-0.39, 0.29) is 25.2 Å². The number of aliphatic hydroxyl groups is 1. The molecule has 1 N–H and O–H groups in total. The largest absolute Gasteiger partial charge is 0.462 e. The molecule has 246 valence electrons. The minimum atomic E-state index is -0.772. The van der Waals surface area contributed by atoms with Gasteiger partial charge in [0, 0.05) is 12.8 Å². The van der Waals surface area contributed by atoms with Crippen molar-refractivity contribution in [3.8, 4) is 0 Å². The Bertz CT molecular complexity index is 642. The molecule has 0 rings (SSSR count). The van der Waals surface area contributed by atoms with Crippen LogP contribution in [0.25, 0.3) is 0 Å². The van der Waals surface area contributed by atoms with Crippen LogP contribution in [0, 0.1) is 0 Å². The normalized spacial score (nSPS) is 12.4. The average Bonchev–Trinajstić information content (AvgIpc) is 2.99. The molecule has 0 aromatic carbocycles. The van der Waals surface area contributed by atoms with Crippen LogP contribution in [-0.2, 0) is 19.1 Å². The first-order chi connectivity index (χ1) is 20.6. The molecule has 5 nitrogen and oxygen atoms in total. The Balaban J connectivity index is 3.59. The van der Waals surface area contributed by atoms with E-state index in [2.05, 4.69) is 38.2 Å². The first-order valence-corrected chi connectivity index (χ1v) is 17.9. The molecule has 0 aromatic rings. The maximum absolute atomic E-state index is 12.1. The summed E-state index contributed by atoms with van der Waals surface area (Å²) < 4.78 is 10.6. The molecule has 0 bridgehead atoms. The number of ether oxygens (including phenoxy) is 2. The summed E-state index contributed by atoms with van der Waals surface area (Å²) in [6.07, 6.45) is 38.0. The topological polar surface area (TPSA) is 72.8 Å². The predicted octanol–water partition coefficient (Wildman–Crippen LogP) is 10.7. The van der Waals surface area contributed by atoms with E-state index in [9.17, 15) is 14.7 Å². The van der Waals surface area contributed by atoms with Gasteiger partial charge >= 0.3 is 11.9 Å². The molecule has 0 spiro atoms. The number of unbranched alkanes of at least 4 members (excludes halogenated alkanes) is 20. The Morgan fingerprint density at radius 3 is 1.45 bits per heavy atom. The van der Waals surface area contributed by atoms with Crippen LogP contribution >= 0.6 is 0 Å². The van der Waals surface area contributed by atoms with Crippen LogP contribution in [0.5, 0.6) is 0 Å². The smallest absolute Gasteiger partial charge is 0.306 e. The van der Waals surface area contributed by atoms with Crippen LogP contribution in [0.15, 0.2) is 24.3 Å². The zero-order valence-electron chi connectivity index (χ0n) is 27.8. The molecule has 0 fully saturated rings. The lowest BCUT2D eigenvalue weighted by Gasteiger charge is -2.15. The Kier molecular flexibility index (Phi) is 32.6. The van der Waals surface area contributed by atoms with Crippen molar-refractivity contribution < 1.29 is 24.2 Å². The molecular weight excluding hydrogens is 524 g/mol. The fourth-order valence-corrected chi connectivity index (χ4v) is 4.99. The van der Waals surface area contributed by atoms with E-state index in [1.165, 1.54) is 103 Å². The van der Waals surface area contributed by atoms with Crippen LogP contribution < -0.4 is 0 Å². The average molecular weight is 593 g/mol. The summed E-state index contributed by atoms with van der Waals surface area (Å²) in [5.74, 6) is -0.603. The number of rotatable bonds is 32. The standard InChI is InChI=1S/C37H68O5/c1-3-5-7-9-11-13-15-17-18-20-22-24-26-28-30-32-37(40)42-35(33-38)34-41-36(39)31-29-27-25-23-21-19-16-14-12-10-8-6-4-2/h11,13,17-18,35,38H,3-10,12,14-16,19-34H2,1-2H3/b13-11-,18-17-/t35-/m1/s1. The van der Waals surface area contributed by atoms with Gasteiger partial charge in [-0.2, -0.15) is 0 Å². The van der Waals surface area contributed by atoms with Crippen LogP contribution in [0.3, 0.4) is 0 Å². The van der Waals surface area contributed by atoms with Gasteiger partial charge < -0.3 is 14.6 Å². The van der Waals surface area contributed by atoms with Crippen molar-refractivity contribution >= 4 is 11.9 Å². The molecule has 0 heterocycles. The van der Waals surface area contributed by atoms with Gasteiger partial charge in [0.2, 0.25) is 0 Å². The van der Waals surface area contributed by atoms with Gasteiger partial charge in [0.1, 0.15) is 6.61 Å². The van der Waals surface area contributed by atoms with Gasteiger partial charge in [-0.3, -0.25) is 9.59 Å². The second kappa shape index (κ2) is 33.9. The molecular formula is C37H68O5. The lowest BCUT2D eigenvalue weighted by atomic mass is 10.0. The van der Waals surface area contributed by atoms with Crippen molar-refractivity contribution in [2.24, 2.45) is 0 Å². The summed E-state index contributed by atoms with van der Waals surface area (Å²) >= 11 is 0. The highest BCUT2D eigenvalue weighted by molar-refractivity contribution is 5.70. The Morgan fingerprint density at radius 2 is 0.952 bits per heavy atom. The van der Waals surface area contributed by atoms with E-state index < -0.39 is 6.10 Å². The third kappa shape index (κ3) is 31.3. The second-order valence-electron chi connectivity index (χ2n) is 12.0. The van der Waals surface area contributed by atoms with Gasteiger partial charge in [-0.1, -0.05) is 147 Å². The van der Waals surface area contributed by atoms with E-state index in [4.69, 9.17) is 9.47 Å². The second-order valence-corrected chi connectivity index (χ2v) is 12.0. The summed E-state index contributed by atoms with van der Waals surface area (Å²) in [6.45, 7) is 4.09. The molecule has 0 unspecified atom stereocenters. The molecule has 0 saturated heterocycles. The Morgan fingerprint density at radius 1 is 0.548 bits per heavy atom. The van der Waals surface area contributed by atoms with Crippen molar-refractivity contribution in [1.82, 2.24) is 0 Å². The summed E-state index contributed by atoms with van der Waals surface area (Å²) in [6, 6.07) is 0. The van der Waals surface area contributed by atoms with Crippen molar-refractivity contribution in [2.45, 2.75) is 187 Å². The third-order valence-corrected chi connectivity index (χ3v) is 7.75. The third-order valence-electron chi connectivity index (χ3n) is 7.75. The van der Waals surface area contributed by atoms with E-state index in [0.29, 0.717) is 12.8 Å². The molecule has 5 heteroatoms. The molecule has 0 aliphatic rings. The minimum absolute atomic E-state index is 0.0678. The number of allylic oxidation sites excluding steroid dienone is 4. The van der Waals surface area contributed by atoms with Gasteiger partial charge in [0.15, 0.2) is 6.10 Å². The van der Waals surface area contributed by atoms with Crippen LogP contribution in [0.1, 0.15) is 181 Å². The van der Waals surface area contributed by atoms with E-state index in [1.807, 2.05) is 0 Å². The maximum Gasteiger partial charge on any atom is 0.306 e. The summed E-state index contributed by atoms with van der Waals surface area (Å²) in [7, 11) is 0. The highest BCUT2D eigenvalue weighted by Gasteiger charge is 2.16. The summed E-state index contributed by atoms with van der Waals surface area (Å²) in [5, 5.41) is 9.51. The fraction of sp³-hybridized carbons (Fsp3) is 0.838. The van der Waals surface area contributed by atoms with E-state index >= 15 is 0 Å². The van der Waals surface area contributed by atoms with Gasteiger partial charge in [0.25, 0.3) is 0 Å². The van der Waals surface area contributed by atoms with Gasteiger partial charge in [-0.25, -0.2) is 0 Å². The van der Waals surface area contributed by atoms with Gasteiger partial charge in [-0.05, 0) is 44.9 Å². The number of hydrogen-bond acceptors (Lipinski definition) is 5. The van der Waals surface area contributed by atoms with Gasteiger partial charge in [-0.15, -0.1) is 0 Å². The summed E-state index contributed by atoms with van der Waals surface area (Å²) in [5.41, 5.74) is 0. The van der Waals surface area contributed by atoms with Crippen molar-refractivity contribution in [2.75, 3.05) is 13.2 Å². The van der Waals surface area contributed by atoms with Crippen LogP contribution in [-0.4, -0.2) is 36.4 Å². The van der Waals surface area contributed by atoms with Gasteiger partial charge in [0.05, 0.1) is 6.61 Å². The number of carbonyl (C=O) groups excluding carboxylic acids is 2. The van der Waals surface area contributed by atoms with E-state index in [0.717, 1.165) is 51.4 Å². The Labute approximate surface area is 260 Å². The van der Waals surface area contributed by atoms with E-state index in [1.54, 1.807) is 0 Å². The summed E-state index contributed by atoms with van der Waals surface area (Å²) in [4.78, 5) is 24.1. The quantitative estimate of drug-likeness (QED) is 0.0478. The predicted molar refractivity (Wildman–Crippen MR) is 178 cm³/mol. The molecule has 0 amide bonds. The zero-order chi connectivity index (χ0) is 30.8. The first kappa shape index (κ1) is 40.4. The number of esters is 2. The lowest BCUT2D eigenvalue weighted by molar-refractivity contribution is -0.161. The maximum atomic E-state index is 12.1. The SMILES string of the molecule is CCCCC/C=C\C/C=C\CCCCCCCC(=O)O[C@H](CO)COC(=O)CCCCCCCCCCCCCCC. The first-order valence-electron chi connectivity index (χ1n) is 17.9. The number of carbonyl (C=O) groups is 2. The highest BCUT2D eigenvalue weighted by atomic mass is 16.6. The Hall–Kier alpha value is -1.62. The molecule has 0 aromatic heterocycles. The highest BCUT2D eigenvalue weighted by Crippen LogP contribution is 2.14. The number of hydrogen-bond donors (Lipinski definition) is 1. The van der Waals surface area contributed by atoms with Crippen LogP contribution in [0.2, 0.25) is 0 Å². The monoisotopic (exact) mass is 593 g/mol.